The third kappa shape index (κ3) is 2.73. The molecule has 2 aliphatic heterocycles. The molecule has 4 rings (SSSR count). The van der Waals surface area contributed by atoms with Crippen molar-refractivity contribution in [1.29, 1.82) is 0 Å². The Morgan fingerprint density at radius 2 is 2.12 bits per heavy atom. The van der Waals surface area contributed by atoms with Crippen molar-refractivity contribution in [3.8, 4) is 0 Å². The third-order valence-electron chi connectivity index (χ3n) is 4.78. The predicted molar refractivity (Wildman–Crippen MR) is 94.7 cm³/mol. The first-order valence-electron chi connectivity index (χ1n) is 8.54. The van der Waals surface area contributed by atoms with Crippen molar-refractivity contribution in [2.75, 3.05) is 23.3 Å². The largest absolute Gasteiger partial charge is 0.327 e. The van der Waals surface area contributed by atoms with Crippen LogP contribution in [0.4, 0.5) is 11.4 Å². The van der Waals surface area contributed by atoms with Crippen LogP contribution in [0.15, 0.2) is 36.7 Å². The molecule has 8 heteroatoms. The normalized spacial score (nSPS) is 19.2. The van der Waals surface area contributed by atoms with Crippen LogP contribution in [0.5, 0.6) is 0 Å². The molecule has 1 saturated heterocycles. The van der Waals surface area contributed by atoms with Crippen LogP contribution in [-0.4, -0.2) is 51.5 Å². The molecule has 0 saturated carbocycles. The molecule has 1 fully saturated rings. The molecule has 0 bridgehead atoms. The number of aromatic nitrogens is 2. The zero-order valence-electron chi connectivity index (χ0n) is 14.4. The van der Waals surface area contributed by atoms with Gasteiger partial charge in [-0.25, -0.2) is 0 Å². The topological polar surface area (TPSA) is 87.5 Å². The number of nitrogens with zero attached hydrogens (tertiary/aromatic N) is 4. The lowest BCUT2D eigenvalue weighted by Gasteiger charge is -2.25. The summed E-state index contributed by atoms with van der Waals surface area (Å²) in [5, 5.41) is 6.74. The van der Waals surface area contributed by atoms with Gasteiger partial charge < -0.3 is 15.1 Å². The summed E-state index contributed by atoms with van der Waals surface area (Å²) in [5.41, 5.74) is 1.50. The van der Waals surface area contributed by atoms with E-state index < -0.39 is 6.04 Å². The second-order valence-electron chi connectivity index (χ2n) is 6.55. The van der Waals surface area contributed by atoms with Gasteiger partial charge in [0.15, 0.2) is 0 Å². The van der Waals surface area contributed by atoms with Gasteiger partial charge >= 0.3 is 0 Å². The van der Waals surface area contributed by atoms with Gasteiger partial charge in [0.1, 0.15) is 12.6 Å². The lowest BCUT2D eigenvalue weighted by atomic mass is 10.1. The van der Waals surface area contributed by atoms with E-state index in [0.29, 0.717) is 29.9 Å². The SMILES string of the molecule is Cn1cc(NC(=O)CN2C(=O)C3CCCN3C(=O)c3ccccc32)cn1. The number of hydrogen-bond acceptors (Lipinski definition) is 4. The number of carbonyl (C=O) groups is 3. The van der Waals surface area contributed by atoms with Crippen LogP contribution in [0, 0.1) is 0 Å². The fourth-order valence-electron chi connectivity index (χ4n) is 3.60. The number of anilines is 2. The maximum Gasteiger partial charge on any atom is 0.256 e. The van der Waals surface area contributed by atoms with Crippen LogP contribution < -0.4 is 10.2 Å². The molecule has 0 aliphatic carbocycles. The minimum Gasteiger partial charge on any atom is -0.327 e. The number of amides is 3. The number of fused-ring (bicyclic) bond motifs is 2. The fraction of sp³-hybridized carbons (Fsp3) is 0.333. The molecule has 1 atom stereocenters. The monoisotopic (exact) mass is 353 g/mol. The summed E-state index contributed by atoms with van der Waals surface area (Å²) in [7, 11) is 1.75. The fourth-order valence-corrected chi connectivity index (χ4v) is 3.60. The van der Waals surface area contributed by atoms with E-state index in [1.54, 1.807) is 53.3 Å². The Morgan fingerprint density at radius 3 is 2.88 bits per heavy atom. The molecule has 2 aromatic rings. The second kappa shape index (κ2) is 6.29. The summed E-state index contributed by atoms with van der Waals surface area (Å²) >= 11 is 0. The van der Waals surface area contributed by atoms with Crippen molar-refractivity contribution < 1.29 is 14.4 Å². The number of carbonyl (C=O) groups excluding carboxylic acids is 3. The summed E-state index contributed by atoms with van der Waals surface area (Å²) in [6.07, 6.45) is 4.63. The number of nitrogens with one attached hydrogen (secondary N) is 1. The van der Waals surface area contributed by atoms with E-state index in [0.717, 1.165) is 6.42 Å². The molecule has 134 valence electrons. The maximum absolute atomic E-state index is 13.1. The van der Waals surface area contributed by atoms with Crippen LogP contribution in [0.25, 0.3) is 0 Å². The summed E-state index contributed by atoms with van der Waals surface area (Å²) < 4.78 is 1.58. The summed E-state index contributed by atoms with van der Waals surface area (Å²) in [4.78, 5) is 41.4. The Bertz CT molecular complexity index is 890. The lowest BCUT2D eigenvalue weighted by Crippen LogP contribution is -2.47. The van der Waals surface area contributed by atoms with Crippen LogP contribution >= 0.6 is 0 Å². The van der Waals surface area contributed by atoms with Gasteiger partial charge in [0.2, 0.25) is 11.8 Å². The van der Waals surface area contributed by atoms with Gasteiger partial charge in [-0.2, -0.15) is 5.10 Å². The van der Waals surface area contributed by atoms with Crippen molar-refractivity contribution in [1.82, 2.24) is 14.7 Å². The van der Waals surface area contributed by atoms with E-state index in [9.17, 15) is 14.4 Å². The van der Waals surface area contributed by atoms with Crippen molar-refractivity contribution in [3.63, 3.8) is 0 Å². The number of rotatable bonds is 3. The number of para-hydroxylation sites is 1. The highest BCUT2D eigenvalue weighted by molar-refractivity contribution is 6.13. The quantitative estimate of drug-likeness (QED) is 0.892. The molecule has 1 unspecified atom stereocenters. The van der Waals surface area contributed by atoms with E-state index in [4.69, 9.17) is 0 Å². The Labute approximate surface area is 150 Å². The molecule has 0 spiro atoms. The molecule has 8 nitrogen and oxygen atoms in total. The molecule has 1 aromatic carbocycles. The molecule has 2 aliphatic rings. The molecule has 3 amide bonds. The minimum atomic E-state index is -0.499. The zero-order chi connectivity index (χ0) is 18.3. The average molecular weight is 353 g/mol. The van der Waals surface area contributed by atoms with E-state index in [1.807, 2.05) is 0 Å². The maximum atomic E-state index is 13.1. The Kier molecular flexibility index (Phi) is 3.95. The second-order valence-corrected chi connectivity index (χ2v) is 6.55. The van der Waals surface area contributed by atoms with E-state index in [-0.39, 0.29) is 24.3 Å². The highest BCUT2D eigenvalue weighted by Crippen LogP contribution is 2.32. The first kappa shape index (κ1) is 16.3. The van der Waals surface area contributed by atoms with Gasteiger partial charge in [0.05, 0.1) is 23.1 Å². The van der Waals surface area contributed by atoms with Crippen molar-refractivity contribution >= 4 is 29.1 Å². The van der Waals surface area contributed by atoms with Crippen LogP contribution in [0.2, 0.25) is 0 Å². The minimum absolute atomic E-state index is 0.147. The lowest BCUT2D eigenvalue weighted by molar-refractivity contribution is -0.124. The van der Waals surface area contributed by atoms with Gasteiger partial charge in [0.25, 0.3) is 5.91 Å². The molecule has 1 aromatic heterocycles. The standard InChI is InChI=1S/C18H19N5O3/c1-21-10-12(9-19-21)20-16(24)11-23-14-6-3-2-5-13(14)17(25)22-8-4-7-15(22)18(23)26/h2-3,5-6,9-10,15H,4,7-8,11H2,1H3,(H,20,24). The predicted octanol–water partition coefficient (Wildman–Crippen LogP) is 1.01. The molecular formula is C18H19N5O3. The van der Waals surface area contributed by atoms with Crippen molar-refractivity contribution in [2.45, 2.75) is 18.9 Å². The van der Waals surface area contributed by atoms with E-state index >= 15 is 0 Å². The third-order valence-corrected chi connectivity index (χ3v) is 4.78. The van der Waals surface area contributed by atoms with E-state index in [1.165, 1.54) is 4.90 Å². The molecule has 0 radical (unpaired) electrons. The van der Waals surface area contributed by atoms with Gasteiger partial charge in [-0.15, -0.1) is 0 Å². The summed E-state index contributed by atoms with van der Waals surface area (Å²) in [5.74, 6) is -0.686. The van der Waals surface area contributed by atoms with Gasteiger partial charge in [-0.3, -0.25) is 19.1 Å². The highest BCUT2D eigenvalue weighted by Gasteiger charge is 2.42. The highest BCUT2D eigenvalue weighted by atomic mass is 16.2. The van der Waals surface area contributed by atoms with E-state index in [2.05, 4.69) is 10.4 Å². The molecule has 3 heterocycles. The Balaban J connectivity index is 1.64. The smallest absolute Gasteiger partial charge is 0.256 e. The summed E-state index contributed by atoms with van der Waals surface area (Å²) in [6.45, 7) is 0.418. The first-order chi connectivity index (χ1) is 12.5. The molecule has 1 N–H and O–H groups in total. The van der Waals surface area contributed by atoms with Crippen LogP contribution in [-0.2, 0) is 16.6 Å². The van der Waals surface area contributed by atoms with Crippen LogP contribution in [0.1, 0.15) is 23.2 Å². The van der Waals surface area contributed by atoms with Crippen LogP contribution in [0.3, 0.4) is 0 Å². The number of benzene rings is 1. The Hall–Kier alpha value is -3.16. The average Bonchev–Trinajstić information content (AvgIpc) is 3.26. The number of aryl methyl sites for hydroxylation is 1. The Morgan fingerprint density at radius 1 is 1.31 bits per heavy atom. The van der Waals surface area contributed by atoms with Gasteiger partial charge in [0, 0.05) is 19.8 Å². The van der Waals surface area contributed by atoms with Crippen molar-refractivity contribution in [3.05, 3.63) is 42.2 Å². The van der Waals surface area contributed by atoms with Gasteiger partial charge in [-0.05, 0) is 25.0 Å². The zero-order valence-corrected chi connectivity index (χ0v) is 14.4. The first-order valence-corrected chi connectivity index (χ1v) is 8.54. The summed E-state index contributed by atoms with van der Waals surface area (Å²) in [6, 6.07) is 6.46. The number of hydrogen-bond donors (Lipinski definition) is 1. The molecule has 26 heavy (non-hydrogen) atoms. The van der Waals surface area contributed by atoms with Crippen molar-refractivity contribution in [2.24, 2.45) is 7.05 Å². The van der Waals surface area contributed by atoms with Gasteiger partial charge in [-0.1, -0.05) is 12.1 Å². The molecular weight excluding hydrogens is 334 g/mol.